The summed E-state index contributed by atoms with van der Waals surface area (Å²) in [6, 6.07) is 0. The van der Waals surface area contributed by atoms with Gasteiger partial charge in [-0.1, -0.05) is 64.2 Å². The zero-order chi connectivity index (χ0) is 102. The minimum absolute atomic E-state index is 0.00486. The van der Waals surface area contributed by atoms with Crippen molar-refractivity contribution in [1.29, 1.82) is 0 Å². The summed E-state index contributed by atoms with van der Waals surface area (Å²) in [6.07, 6.45) is 43.3. The lowest BCUT2D eigenvalue weighted by molar-refractivity contribution is -0.160. The molecular formula is C95H145N11O31. The minimum Gasteiger partial charge on any atom is -0.478 e. The van der Waals surface area contributed by atoms with Crippen LogP contribution in [0.5, 0.6) is 0 Å². The van der Waals surface area contributed by atoms with Crippen LogP contribution in [0, 0.1) is 0 Å². The lowest BCUT2D eigenvalue weighted by atomic mass is 10.2. The van der Waals surface area contributed by atoms with Gasteiger partial charge in [-0.15, -0.1) is 0 Å². The van der Waals surface area contributed by atoms with Gasteiger partial charge in [-0.25, -0.2) is 47.9 Å². The summed E-state index contributed by atoms with van der Waals surface area (Å²) >= 11 is 0. The van der Waals surface area contributed by atoms with E-state index in [1.807, 2.05) is 9.80 Å². The van der Waals surface area contributed by atoms with Crippen LogP contribution in [0.1, 0.15) is 259 Å². The average molecular weight is 1940 g/mol. The van der Waals surface area contributed by atoms with Gasteiger partial charge in [0, 0.05) is 209 Å². The second kappa shape index (κ2) is 75.3. The normalized spacial score (nSPS) is 17.2. The van der Waals surface area contributed by atoms with E-state index < -0.39 is 90.1 Å². The zero-order valence-corrected chi connectivity index (χ0v) is 80.5. The summed E-state index contributed by atoms with van der Waals surface area (Å²) in [5.41, 5.74) is 0. The lowest BCUT2D eigenvalue weighted by Gasteiger charge is -2.28. The van der Waals surface area contributed by atoms with Crippen molar-refractivity contribution < 1.29 is 150 Å². The standard InChI is InChI=1S/C16H26N2O4.C16H25NO5.2C13H20N2O4.C13H19NO5.C12H18N2O4.C12H17NO5/c19-14(9-10-16(21)22)17-11-5-1-2-6-12-18-13-7-3-4-8-15(18)20;18-14-8-4-3-6-12-17(14)11-5-1-2-7-13-22-16(21)10-9-15(19)20;1-10(14-11(16)7-8-13(18)19-2)15-9-5-3-4-6-12(15)17;1-19-13(18)7-6-11(16)14-8-10-15-9-4-2-3-5-12(15)17;1-10(14-9-5-3-4-6-11(14)15)19-13(17)8-7-12(16)18-2;1-9(13-10(15)6-7-12(17)18)14-8-4-2-3-5-11(14)16;1-9(18-12(17)7-6-11(15)16)13-8-4-2-3-5-10(13)14/h9-10H,1-8,11-13H2,(H,17,19)(H,21,22);9-10H,1-8,11-13H2,(H,19,20);7-8,10H,3-6,9H2,1-2H3,(H,14,16);6-7H,2-5,8-10H2,1H3,(H,14,16);7-8,10H,3-6,9H2,1-2H3;6-7,9H,2-5,8H2,1H3,(H,13,15)(H,17,18);6-7,9H,2-5,8H2,1H3,(H,15,16). The number of carboxylic acid groups (broad SMARTS) is 4. The van der Waals surface area contributed by atoms with Crippen LogP contribution in [0.4, 0.5) is 0 Å². The van der Waals surface area contributed by atoms with E-state index >= 15 is 0 Å². The molecule has 0 bridgehead atoms. The van der Waals surface area contributed by atoms with E-state index in [1.54, 1.807) is 47.3 Å². The Morgan fingerprint density at radius 3 is 0.905 bits per heavy atom. The van der Waals surface area contributed by atoms with Gasteiger partial charge in [-0.2, -0.15) is 0 Å². The molecule has 137 heavy (non-hydrogen) atoms. The van der Waals surface area contributed by atoms with Crippen molar-refractivity contribution in [2.24, 2.45) is 0 Å². The number of esters is 6. The first-order chi connectivity index (χ1) is 65.4. The first-order valence-electron chi connectivity index (χ1n) is 47.1. The number of carboxylic acids is 4. The summed E-state index contributed by atoms with van der Waals surface area (Å²) in [4.78, 5) is 247. The SMILES string of the molecule is CC(NC(=O)C=CC(=O)O)N1CCCCCC1=O.CC(OC(=O)C=CC(=O)O)N1CCCCCC1=O.COC(=O)C=CC(=O)NC(C)N1CCCCCC1=O.COC(=O)C=CC(=O)NCCN1CCCCCC1=O.COC(=O)C=CC(=O)OC(C)N1CCCCCC1=O.O=C(O)C=CC(=O)NCCCCCCN1CCCCCC1=O.O=C(O)C=CC(=O)OCCCCCCN1CCCCCC1=O. The summed E-state index contributed by atoms with van der Waals surface area (Å²) in [5, 5.41) is 44.0. The monoisotopic (exact) mass is 1940 g/mol. The fourth-order valence-electron chi connectivity index (χ4n) is 14.2. The zero-order valence-electron chi connectivity index (χ0n) is 80.5. The molecule has 0 aromatic rings. The van der Waals surface area contributed by atoms with E-state index in [0.717, 1.165) is 298 Å². The van der Waals surface area contributed by atoms with Crippen LogP contribution in [0.3, 0.4) is 0 Å². The Bertz CT molecular complexity index is 3870. The molecule has 7 heterocycles. The van der Waals surface area contributed by atoms with E-state index in [0.29, 0.717) is 103 Å². The number of carbonyl (C=O) groups is 21. The third-order valence-corrected chi connectivity index (χ3v) is 21.6. The highest BCUT2D eigenvalue weighted by atomic mass is 16.6. The largest absolute Gasteiger partial charge is 0.478 e. The van der Waals surface area contributed by atoms with Crippen LogP contribution in [0.15, 0.2) is 85.1 Å². The number of carbonyl (C=O) groups excluding carboxylic acids is 17. The molecule has 7 saturated heterocycles. The number of hydrogen-bond acceptors (Lipinski definition) is 27. The van der Waals surface area contributed by atoms with E-state index in [1.165, 1.54) is 26.2 Å². The van der Waals surface area contributed by atoms with Gasteiger partial charge >= 0.3 is 59.7 Å². The van der Waals surface area contributed by atoms with Gasteiger partial charge < -0.3 is 104 Å². The Kier molecular flexibility index (Phi) is 67.1. The van der Waals surface area contributed by atoms with E-state index in [2.05, 4.69) is 35.5 Å². The van der Waals surface area contributed by atoms with Crippen molar-refractivity contribution in [3.05, 3.63) is 85.1 Å². The minimum atomic E-state index is -1.22. The molecule has 4 atom stereocenters. The fraction of sp³-hybridized carbons (Fsp3) is 0.632. The highest BCUT2D eigenvalue weighted by Gasteiger charge is 2.29. The van der Waals surface area contributed by atoms with Gasteiger partial charge in [0.1, 0.15) is 12.3 Å². The van der Waals surface area contributed by atoms with Crippen molar-refractivity contribution >= 4 is 125 Å². The Morgan fingerprint density at radius 2 is 0.540 bits per heavy atom. The maximum atomic E-state index is 11.8. The molecule has 8 N–H and O–H groups in total. The number of rotatable bonds is 39. The van der Waals surface area contributed by atoms with Gasteiger partial charge in [0.15, 0.2) is 12.5 Å². The van der Waals surface area contributed by atoms with E-state index in [9.17, 15) is 101 Å². The fourth-order valence-corrected chi connectivity index (χ4v) is 14.2. The van der Waals surface area contributed by atoms with E-state index in [4.69, 9.17) is 34.6 Å². The molecule has 0 radical (unpaired) electrons. The molecule has 7 rings (SSSR count). The van der Waals surface area contributed by atoms with Crippen LogP contribution in [0.25, 0.3) is 0 Å². The molecule has 0 aliphatic carbocycles. The number of nitrogens with one attached hydrogen (secondary N) is 4. The number of likely N-dealkylation sites (tertiary alicyclic amines) is 7. The number of methoxy groups -OCH3 is 3. The van der Waals surface area contributed by atoms with Crippen LogP contribution in [-0.2, 0) is 129 Å². The maximum absolute atomic E-state index is 11.8. The van der Waals surface area contributed by atoms with Gasteiger partial charge in [0.05, 0.1) is 27.9 Å². The van der Waals surface area contributed by atoms with Gasteiger partial charge in [-0.3, -0.25) is 52.7 Å². The summed E-state index contributed by atoms with van der Waals surface area (Å²) in [7, 11) is 3.70. The number of aliphatic carboxylic acids is 4. The third kappa shape index (κ3) is 62.4. The third-order valence-electron chi connectivity index (χ3n) is 21.6. The Balaban J connectivity index is 0.000000800. The smallest absolute Gasteiger partial charge is 0.332 e. The van der Waals surface area contributed by atoms with Crippen molar-refractivity contribution in [2.45, 2.75) is 284 Å². The van der Waals surface area contributed by atoms with Crippen molar-refractivity contribution in [3.8, 4) is 0 Å². The Labute approximate surface area is 801 Å². The topological polar surface area (TPSA) is 566 Å². The van der Waals surface area contributed by atoms with Crippen LogP contribution in [0.2, 0.25) is 0 Å². The van der Waals surface area contributed by atoms with Crippen LogP contribution in [-0.4, -0.2) is 311 Å². The summed E-state index contributed by atoms with van der Waals surface area (Å²) < 4.78 is 28.0. The van der Waals surface area contributed by atoms with Crippen LogP contribution < -0.4 is 21.3 Å². The summed E-state index contributed by atoms with van der Waals surface area (Å²) in [5.74, 6) is -9.45. The molecule has 42 heteroatoms. The predicted octanol–water partition coefficient (Wildman–Crippen LogP) is 7.07. The first kappa shape index (κ1) is 122. The number of ether oxygens (including phenoxy) is 6. The van der Waals surface area contributed by atoms with Crippen molar-refractivity contribution in [1.82, 2.24) is 55.6 Å². The molecule has 7 aliphatic heterocycles. The molecule has 0 aromatic heterocycles. The molecule has 4 unspecified atom stereocenters. The Hall–Kier alpha value is -13.0. The predicted molar refractivity (Wildman–Crippen MR) is 497 cm³/mol. The highest BCUT2D eigenvalue weighted by molar-refractivity contribution is 5.97. The van der Waals surface area contributed by atoms with Gasteiger partial charge in [0.25, 0.3) is 0 Å². The lowest BCUT2D eigenvalue weighted by Crippen LogP contribution is -2.48. The molecule has 0 saturated carbocycles. The maximum Gasteiger partial charge on any atom is 0.332 e. The van der Waals surface area contributed by atoms with E-state index in [-0.39, 0.29) is 59.3 Å². The van der Waals surface area contributed by atoms with Crippen molar-refractivity contribution in [3.63, 3.8) is 0 Å². The molecule has 0 aromatic carbocycles. The highest BCUT2D eigenvalue weighted by Crippen LogP contribution is 2.21. The van der Waals surface area contributed by atoms with Gasteiger partial charge in [0.2, 0.25) is 65.0 Å². The molecule has 11 amide bonds. The number of nitrogens with zero attached hydrogens (tertiary/aromatic N) is 7. The Morgan fingerprint density at radius 1 is 0.277 bits per heavy atom. The molecular weight excluding hydrogens is 1790 g/mol. The van der Waals surface area contributed by atoms with Crippen molar-refractivity contribution in [2.75, 3.05) is 106 Å². The quantitative estimate of drug-likeness (QED) is 0.0132. The molecule has 766 valence electrons. The first-order valence-corrected chi connectivity index (χ1v) is 47.1. The number of amides is 11. The second-order valence-corrected chi connectivity index (χ2v) is 32.4. The second-order valence-electron chi connectivity index (χ2n) is 32.4. The molecule has 42 nitrogen and oxygen atoms in total. The molecule has 7 aliphatic rings. The van der Waals surface area contributed by atoms with Crippen LogP contribution >= 0.6 is 0 Å². The summed E-state index contributed by atoms with van der Waals surface area (Å²) in [6.45, 7) is 15.1. The van der Waals surface area contributed by atoms with Gasteiger partial charge in [-0.05, 0) is 150 Å². The molecule has 0 spiro atoms. The molecule has 7 fully saturated rings. The number of unbranched alkanes of at least 4 members (excludes halogenated alkanes) is 6. The number of hydrogen-bond donors (Lipinski definition) is 8. The average Bonchev–Trinajstić information content (AvgIpc) is 1.86.